The monoisotopic (exact) mass is 972 g/mol. The van der Waals surface area contributed by atoms with Crippen molar-refractivity contribution in [1.29, 1.82) is 0 Å². The Balaban J connectivity index is 2.03. The second-order valence-electron chi connectivity index (χ2n) is 19.0. The second kappa shape index (κ2) is 18.1. The van der Waals surface area contributed by atoms with E-state index >= 15 is 9.59 Å². The third-order valence-electron chi connectivity index (χ3n) is 14.1. The summed E-state index contributed by atoms with van der Waals surface area (Å²) >= 11 is 0. The van der Waals surface area contributed by atoms with Gasteiger partial charge in [-0.05, 0) is 111 Å². The molecular weight excluding hydrogens is 919 g/mol. The number of esters is 5. The van der Waals surface area contributed by atoms with Gasteiger partial charge in [0.1, 0.15) is 23.2 Å². The molecule has 2 aliphatic rings. The summed E-state index contributed by atoms with van der Waals surface area (Å²) in [7, 11) is 0. The predicted molar refractivity (Wildman–Crippen MR) is 213 cm³/mol. The average Bonchev–Trinajstić information content (AvgIpc) is 3.62. The molecule has 7 atom stereocenters. The molecule has 2 aromatic carbocycles. The highest BCUT2D eigenvalue weighted by molar-refractivity contribution is 5.99. The van der Waals surface area contributed by atoms with Crippen LogP contribution in [-0.4, -0.2) is 93.7 Å². The van der Waals surface area contributed by atoms with Crippen molar-refractivity contribution in [2.75, 3.05) is 6.61 Å². The number of phenols is 1. The molecule has 1 saturated heterocycles. The molecule has 13 nitrogen and oxygen atoms in total. The molecule has 0 aromatic heterocycles. The zero-order chi connectivity index (χ0) is 51.4. The number of alkyl halides is 9. The molecule has 7 unspecified atom stereocenters. The van der Waals surface area contributed by atoms with Gasteiger partial charge in [-0.25, -0.2) is 4.79 Å². The molecule has 67 heavy (non-hydrogen) atoms. The minimum atomic E-state index is -6.60. The minimum Gasteiger partial charge on any atom is -0.508 e. The molecule has 1 aliphatic heterocycles. The Morgan fingerprint density at radius 2 is 1.09 bits per heavy atom. The molecule has 1 heterocycles. The van der Waals surface area contributed by atoms with Crippen molar-refractivity contribution in [3.8, 4) is 11.5 Å². The third-order valence-corrected chi connectivity index (χ3v) is 14.1. The van der Waals surface area contributed by atoms with Gasteiger partial charge in [-0.1, -0.05) is 30.3 Å². The maximum Gasteiger partial charge on any atom is 0.426 e. The fraction of sp³-hybridized carbons (Fsp3) is 0.622. The lowest BCUT2D eigenvalue weighted by Crippen LogP contribution is -2.68. The molecule has 4 rings (SSSR count). The van der Waals surface area contributed by atoms with Crippen molar-refractivity contribution in [3.05, 3.63) is 60.2 Å². The van der Waals surface area contributed by atoms with Gasteiger partial charge in [-0.15, -0.1) is 0 Å². The van der Waals surface area contributed by atoms with Crippen LogP contribution in [0.1, 0.15) is 93.6 Å². The highest BCUT2D eigenvalue weighted by atomic mass is 19.4. The van der Waals surface area contributed by atoms with E-state index < -0.39 is 130 Å². The number of rotatable bonds is 14. The maximum atomic E-state index is 15.4. The number of benzene rings is 2. The fourth-order valence-corrected chi connectivity index (χ4v) is 8.70. The van der Waals surface area contributed by atoms with Crippen LogP contribution in [0.25, 0.3) is 0 Å². The SMILES string of the molecule is CC(C)(OC(=O)C(C)(C)C(C)(C(=O)OC1CCOC1=O)C(C)(C(=O)OC1CC(C(C)(O)C(F)(F)F)CC(C(O)(C(F)(F)F)C(F)(F)F)C1)C(C)(C)C(=O)Oc1ccc(O)cc1)c1ccccc1. The van der Waals surface area contributed by atoms with E-state index in [0.29, 0.717) is 5.56 Å². The van der Waals surface area contributed by atoms with E-state index in [-0.39, 0.29) is 31.5 Å². The van der Waals surface area contributed by atoms with Crippen LogP contribution in [0, 0.1) is 33.5 Å². The van der Waals surface area contributed by atoms with Gasteiger partial charge in [0.15, 0.2) is 5.60 Å². The molecule has 0 amide bonds. The topological polar surface area (TPSA) is 192 Å². The maximum absolute atomic E-state index is 15.4. The fourth-order valence-electron chi connectivity index (χ4n) is 8.70. The van der Waals surface area contributed by atoms with Crippen LogP contribution >= 0.6 is 0 Å². The Labute approximate surface area is 379 Å². The van der Waals surface area contributed by atoms with E-state index in [9.17, 15) is 69.2 Å². The smallest absolute Gasteiger partial charge is 0.426 e. The van der Waals surface area contributed by atoms with Gasteiger partial charge in [0.25, 0.3) is 5.60 Å². The third kappa shape index (κ3) is 9.65. The molecule has 2 fully saturated rings. The normalized spacial score (nSPS) is 22.8. The van der Waals surface area contributed by atoms with Crippen LogP contribution in [-0.2, 0) is 48.5 Å². The summed E-state index contributed by atoms with van der Waals surface area (Å²) < 4.78 is 157. The Hall–Kier alpha value is -5.12. The molecule has 2 aromatic rings. The van der Waals surface area contributed by atoms with E-state index in [1.54, 1.807) is 30.3 Å². The Morgan fingerprint density at radius 1 is 0.612 bits per heavy atom. The second-order valence-corrected chi connectivity index (χ2v) is 19.0. The van der Waals surface area contributed by atoms with Crippen molar-refractivity contribution in [2.45, 2.75) is 136 Å². The van der Waals surface area contributed by atoms with Gasteiger partial charge in [-0.2, -0.15) is 39.5 Å². The summed E-state index contributed by atoms with van der Waals surface area (Å²) in [5.41, 5.74) is -22.2. The van der Waals surface area contributed by atoms with Crippen LogP contribution in [0.15, 0.2) is 54.6 Å². The van der Waals surface area contributed by atoms with Crippen molar-refractivity contribution < 1.29 is 102 Å². The van der Waals surface area contributed by atoms with Gasteiger partial charge < -0.3 is 39.0 Å². The first-order valence-electron chi connectivity index (χ1n) is 20.8. The summed E-state index contributed by atoms with van der Waals surface area (Å²) in [4.78, 5) is 72.6. The molecule has 3 N–H and O–H groups in total. The lowest BCUT2D eigenvalue weighted by Gasteiger charge is -2.56. The number of phenolic OH excluding ortho intramolecular Hbond substituents is 1. The quantitative estimate of drug-likeness (QED) is 0.0711. The lowest BCUT2D eigenvalue weighted by molar-refractivity contribution is -0.391. The number of cyclic esters (lactones) is 1. The van der Waals surface area contributed by atoms with Gasteiger partial charge in [0, 0.05) is 18.3 Å². The van der Waals surface area contributed by atoms with Crippen molar-refractivity contribution in [2.24, 2.45) is 33.5 Å². The summed E-state index contributed by atoms with van der Waals surface area (Å²) in [6.45, 7) is 8.45. The minimum absolute atomic E-state index is 0.0673. The summed E-state index contributed by atoms with van der Waals surface area (Å²) in [5.74, 6) is -13.9. The van der Waals surface area contributed by atoms with Crippen molar-refractivity contribution in [3.63, 3.8) is 0 Å². The van der Waals surface area contributed by atoms with E-state index in [1.165, 1.54) is 13.8 Å². The number of hydrogen-bond donors (Lipinski definition) is 3. The van der Waals surface area contributed by atoms with E-state index in [1.807, 2.05) is 0 Å². The van der Waals surface area contributed by atoms with Gasteiger partial charge in [-0.3, -0.25) is 19.2 Å². The van der Waals surface area contributed by atoms with Crippen LogP contribution in [0.2, 0.25) is 0 Å². The van der Waals surface area contributed by atoms with E-state index in [4.69, 9.17) is 23.7 Å². The first kappa shape index (κ1) is 54.5. The highest BCUT2D eigenvalue weighted by Gasteiger charge is 2.77. The summed E-state index contributed by atoms with van der Waals surface area (Å²) in [5, 5.41) is 31.0. The van der Waals surface area contributed by atoms with E-state index in [2.05, 4.69) is 0 Å². The largest absolute Gasteiger partial charge is 0.508 e. The molecule has 0 spiro atoms. The predicted octanol–water partition coefficient (Wildman–Crippen LogP) is 8.20. The summed E-state index contributed by atoms with van der Waals surface area (Å²) in [6.07, 6.45) is -28.1. The van der Waals surface area contributed by atoms with Gasteiger partial charge >= 0.3 is 48.4 Å². The van der Waals surface area contributed by atoms with Gasteiger partial charge in [0.05, 0.1) is 28.3 Å². The highest BCUT2D eigenvalue weighted by Crippen LogP contribution is 2.63. The van der Waals surface area contributed by atoms with Gasteiger partial charge in [0.2, 0.25) is 6.10 Å². The molecule has 0 radical (unpaired) electrons. The van der Waals surface area contributed by atoms with E-state index in [0.717, 1.165) is 65.8 Å². The Kier molecular flexibility index (Phi) is 14.7. The van der Waals surface area contributed by atoms with Crippen molar-refractivity contribution in [1.82, 2.24) is 0 Å². The first-order chi connectivity index (χ1) is 30.2. The molecular formula is C45H53F9O13. The number of ether oxygens (including phenoxy) is 5. The lowest BCUT2D eigenvalue weighted by atomic mass is 9.45. The number of carbonyl (C=O) groups excluding carboxylic acids is 5. The Bertz CT molecular complexity index is 2150. The Morgan fingerprint density at radius 3 is 1.55 bits per heavy atom. The number of halogens is 9. The van der Waals surface area contributed by atoms with Crippen LogP contribution in [0.3, 0.4) is 0 Å². The number of carbonyl (C=O) groups is 5. The first-order valence-corrected chi connectivity index (χ1v) is 20.8. The summed E-state index contributed by atoms with van der Waals surface area (Å²) in [6, 6.07) is 12.3. The number of aliphatic hydroxyl groups is 2. The average molecular weight is 973 g/mol. The molecule has 0 bridgehead atoms. The molecule has 374 valence electrons. The molecule has 1 aliphatic carbocycles. The van der Waals surface area contributed by atoms with Crippen molar-refractivity contribution >= 4 is 29.8 Å². The van der Waals surface area contributed by atoms with Crippen LogP contribution < -0.4 is 4.74 Å². The molecule has 1 saturated carbocycles. The number of hydrogen-bond acceptors (Lipinski definition) is 13. The van der Waals surface area contributed by atoms with Crippen LogP contribution in [0.5, 0.6) is 11.5 Å². The zero-order valence-corrected chi connectivity index (χ0v) is 37.9. The molecule has 22 heteroatoms. The zero-order valence-electron chi connectivity index (χ0n) is 37.9. The number of aromatic hydroxyl groups is 1. The standard InChI is InChI=1S/C45H53F9O13/c1-36(2,32(57)64-28-17-15-27(55)16-18-28)39(7,34(59)65-29-22-25(41(9,61)43(46,47)48)21-26(23-29)42(62,44(49,50)51)45(52,53)54)40(8,35(60)66-30-19-20-63-31(30)56)37(3,4)33(58)67-38(5,6)24-13-11-10-12-14-24/h10-18,25-26,29-30,55,61-62H,19-23H2,1-9H3. The van der Waals surface area contributed by atoms with Crippen LogP contribution in [0.4, 0.5) is 39.5 Å².